The molecule has 1 aromatic rings. The Morgan fingerprint density at radius 2 is 2.12 bits per heavy atom. The van der Waals surface area contributed by atoms with Gasteiger partial charge in [-0.15, -0.1) is 6.58 Å². The number of thioether (sulfide) groups is 1. The van der Waals surface area contributed by atoms with Crippen molar-refractivity contribution in [3.8, 4) is 11.5 Å². The Hall–Kier alpha value is -2.74. The van der Waals surface area contributed by atoms with E-state index in [2.05, 4.69) is 6.58 Å². The molecule has 7 nitrogen and oxygen atoms in total. The standard InChI is InChI=1S/C17H17NO6S/c1-4-7-18-15(19)14(25-17(18)22)9-11-5-6-12(13(8-11)23-3)24-10(2)16(20)21/h4-6,8-10H,1,7H2,2-3H3,(H,20,21)/b14-9+. The summed E-state index contributed by atoms with van der Waals surface area (Å²) in [5.74, 6) is -0.878. The largest absolute Gasteiger partial charge is 0.493 e. The summed E-state index contributed by atoms with van der Waals surface area (Å²) in [4.78, 5) is 36.3. The number of amides is 2. The summed E-state index contributed by atoms with van der Waals surface area (Å²) >= 11 is 0.850. The van der Waals surface area contributed by atoms with Crippen LogP contribution in [0.2, 0.25) is 0 Å². The Bertz CT molecular complexity index is 758. The van der Waals surface area contributed by atoms with E-state index in [9.17, 15) is 14.4 Å². The number of nitrogens with zero attached hydrogens (tertiary/aromatic N) is 1. The van der Waals surface area contributed by atoms with Crippen molar-refractivity contribution < 1.29 is 29.0 Å². The molecule has 2 rings (SSSR count). The average Bonchev–Trinajstić information content (AvgIpc) is 2.83. The fourth-order valence-electron chi connectivity index (χ4n) is 2.05. The van der Waals surface area contributed by atoms with Gasteiger partial charge in [0, 0.05) is 6.54 Å². The molecule has 0 aliphatic carbocycles. The van der Waals surface area contributed by atoms with Crippen LogP contribution in [0.1, 0.15) is 12.5 Å². The monoisotopic (exact) mass is 363 g/mol. The van der Waals surface area contributed by atoms with Crippen LogP contribution < -0.4 is 9.47 Å². The normalized spacial score (nSPS) is 16.9. The number of carboxylic acid groups (broad SMARTS) is 1. The van der Waals surface area contributed by atoms with Crippen LogP contribution in [0.15, 0.2) is 35.8 Å². The highest BCUT2D eigenvalue weighted by Crippen LogP contribution is 2.34. The van der Waals surface area contributed by atoms with E-state index in [1.165, 1.54) is 20.1 Å². The van der Waals surface area contributed by atoms with Gasteiger partial charge in [-0.05, 0) is 42.5 Å². The second-order valence-corrected chi connectivity index (χ2v) is 6.08. The van der Waals surface area contributed by atoms with E-state index in [0.717, 1.165) is 16.7 Å². The van der Waals surface area contributed by atoms with Gasteiger partial charge in [-0.3, -0.25) is 14.5 Å². The topological polar surface area (TPSA) is 93.1 Å². The van der Waals surface area contributed by atoms with Gasteiger partial charge in [0.1, 0.15) is 0 Å². The lowest BCUT2D eigenvalue weighted by atomic mass is 10.2. The molecule has 1 saturated heterocycles. The molecule has 1 heterocycles. The van der Waals surface area contributed by atoms with Crippen molar-refractivity contribution in [2.24, 2.45) is 0 Å². The molecule has 1 aromatic carbocycles. The van der Waals surface area contributed by atoms with E-state index >= 15 is 0 Å². The summed E-state index contributed by atoms with van der Waals surface area (Å²) in [6, 6.07) is 4.80. The highest BCUT2D eigenvalue weighted by molar-refractivity contribution is 8.18. The number of carbonyl (C=O) groups is 3. The zero-order valence-electron chi connectivity index (χ0n) is 13.7. The minimum atomic E-state index is -1.10. The predicted octanol–water partition coefficient (Wildman–Crippen LogP) is 2.77. The van der Waals surface area contributed by atoms with Gasteiger partial charge in [0.25, 0.3) is 11.1 Å². The highest BCUT2D eigenvalue weighted by Gasteiger charge is 2.34. The number of carboxylic acids is 1. The molecule has 0 radical (unpaired) electrons. The van der Waals surface area contributed by atoms with Crippen molar-refractivity contribution >= 4 is 35.0 Å². The van der Waals surface area contributed by atoms with Crippen LogP contribution >= 0.6 is 11.8 Å². The molecule has 1 aliphatic rings. The Labute approximate surface area is 148 Å². The lowest BCUT2D eigenvalue weighted by Crippen LogP contribution is -2.27. The number of imide groups is 1. The summed E-state index contributed by atoms with van der Waals surface area (Å²) in [6.45, 7) is 5.09. The molecule has 2 amide bonds. The Morgan fingerprint density at radius 1 is 1.40 bits per heavy atom. The molecule has 0 aromatic heterocycles. The molecule has 1 unspecified atom stereocenters. The van der Waals surface area contributed by atoms with Crippen molar-refractivity contribution in [2.45, 2.75) is 13.0 Å². The maximum atomic E-state index is 12.2. The van der Waals surface area contributed by atoms with Gasteiger partial charge in [-0.1, -0.05) is 12.1 Å². The number of aliphatic carboxylic acids is 1. The molecule has 132 valence electrons. The molecular formula is C17H17NO6S. The zero-order chi connectivity index (χ0) is 18.6. The van der Waals surface area contributed by atoms with Crippen LogP contribution in [0.5, 0.6) is 11.5 Å². The van der Waals surface area contributed by atoms with Gasteiger partial charge in [-0.25, -0.2) is 4.79 Å². The van der Waals surface area contributed by atoms with Crippen LogP contribution in [0.3, 0.4) is 0 Å². The average molecular weight is 363 g/mol. The number of hydrogen-bond donors (Lipinski definition) is 1. The van der Waals surface area contributed by atoms with Crippen molar-refractivity contribution in [1.82, 2.24) is 4.90 Å². The van der Waals surface area contributed by atoms with Gasteiger partial charge < -0.3 is 14.6 Å². The van der Waals surface area contributed by atoms with Crippen molar-refractivity contribution in [3.63, 3.8) is 0 Å². The first-order valence-corrected chi connectivity index (χ1v) is 8.12. The maximum Gasteiger partial charge on any atom is 0.344 e. The number of methoxy groups -OCH3 is 1. The summed E-state index contributed by atoms with van der Waals surface area (Å²) in [7, 11) is 1.43. The third-order valence-electron chi connectivity index (χ3n) is 3.32. The summed E-state index contributed by atoms with van der Waals surface area (Å²) < 4.78 is 10.5. The summed E-state index contributed by atoms with van der Waals surface area (Å²) in [5, 5.41) is 8.57. The fraction of sp³-hybridized carbons (Fsp3) is 0.235. The van der Waals surface area contributed by atoms with E-state index in [1.807, 2.05) is 0 Å². The maximum absolute atomic E-state index is 12.2. The molecule has 1 fully saturated rings. The van der Waals surface area contributed by atoms with Crippen molar-refractivity contribution in [3.05, 3.63) is 41.3 Å². The first-order chi connectivity index (χ1) is 11.9. The second kappa shape index (κ2) is 7.89. The number of rotatable bonds is 7. The van der Waals surface area contributed by atoms with E-state index < -0.39 is 12.1 Å². The minimum Gasteiger partial charge on any atom is -0.493 e. The zero-order valence-corrected chi connectivity index (χ0v) is 14.5. The Kier molecular flexibility index (Phi) is 5.87. The van der Waals surface area contributed by atoms with Crippen LogP contribution in [-0.4, -0.2) is 46.9 Å². The van der Waals surface area contributed by atoms with Crippen molar-refractivity contribution in [2.75, 3.05) is 13.7 Å². The fourth-order valence-corrected chi connectivity index (χ4v) is 2.90. The Morgan fingerprint density at radius 3 is 2.72 bits per heavy atom. The summed E-state index contributed by atoms with van der Waals surface area (Å²) in [5.41, 5.74) is 0.622. The first-order valence-electron chi connectivity index (χ1n) is 7.31. The second-order valence-electron chi connectivity index (χ2n) is 5.09. The third-order valence-corrected chi connectivity index (χ3v) is 4.23. The van der Waals surface area contributed by atoms with Gasteiger partial charge in [0.15, 0.2) is 17.6 Å². The number of benzene rings is 1. The molecule has 1 N–H and O–H groups in total. The smallest absolute Gasteiger partial charge is 0.344 e. The third kappa shape index (κ3) is 4.21. The van der Waals surface area contributed by atoms with Crippen LogP contribution in [0.4, 0.5) is 4.79 Å². The number of ether oxygens (including phenoxy) is 2. The molecule has 0 saturated carbocycles. The van der Waals surface area contributed by atoms with E-state index in [1.54, 1.807) is 24.3 Å². The number of hydrogen-bond acceptors (Lipinski definition) is 6. The lowest BCUT2D eigenvalue weighted by Gasteiger charge is -2.14. The molecule has 1 aliphatic heterocycles. The van der Waals surface area contributed by atoms with Gasteiger partial charge >= 0.3 is 5.97 Å². The SMILES string of the molecule is C=CCN1C(=O)S/C(=C/c2ccc(OC(C)C(=O)O)c(OC)c2)C1=O. The van der Waals surface area contributed by atoms with E-state index in [-0.39, 0.29) is 23.4 Å². The van der Waals surface area contributed by atoms with Gasteiger partial charge in [0.05, 0.1) is 12.0 Å². The van der Waals surface area contributed by atoms with Crippen LogP contribution in [-0.2, 0) is 9.59 Å². The van der Waals surface area contributed by atoms with Crippen LogP contribution in [0.25, 0.3) is 6.08 Å². The van der Waals surface area contributed by atoms with Crippen LogP contribution in [0, 0.1) is 0 Å². The molecule has 8 heteroatoms. The molecule has 0 bridgehead atoms. The van der Waals surface area contributed by atoms with Crippen molar-refractivity contribution in [1.29, 1.82) is 0 Å². The predicted molar refractivity (Wildman–Crippen MR) is 93.6 cm³/mol. The summed E-state index contributed by atoms with van der Waals surface area (Å²) in [6.07, 6.45) is 2.02. The minimum absolute atomic E-state index is 0.158. The molecule has 0 spiro atoms. The molecular weight excluding hydrogens is 346 g/mol. The highest BCUT2D eigenvalue weighted by atomic mass is 32.2. The quantitative estimate of drug-likeness (QED) is 0.588. The lowest BCUT2D eigenvalue weighted by molar-refractivity contribution is -0.144. The Balaban J connectivity index is 2.26. The van der Waals surface area contributed by atoms with Gasteiger partial charge in [-0.2, -0.15) is 0 Å². The number of carbonyl (C=O) groups excluding carboxylic acids is 2. The van der Waals surface area contributed by atoms with E-state index in [4.69, 9.17) is 14.6 Å². The molecule has 1 atom stereocenters. The van der Waals surface area contributed by atoms with E-state index in [0.29, 0.717) is 16.2 Å². The first kappa shape index (κ1) is 18.6. The van der Waals surface area contributed by atoms with Gasteiger partial charge in [0.2, 0.25) is 0 Å². The molecule has 25 heavy (non-hydrogen) atoms.